The van der Waals surface area contributed by atoms with E-state index < -0.39 is 0 Å². The molecular formula is C11H13N5. The summed E-state index contributed by atoms with van der Waals surface area (Å²) in [5.74, 6) is 0. The Labute approximate surface area is 93.1 Å². The Hall–Kier alpha value is -2.01. The van der Waals surface area contributed by atoms with Crippen molar-refractivity contribution in [2.75, 3.05) is 18.9 Å². The smallest absolute Gasteiger partial charge is 0.0670 e. The average molecular weight is 215 g/mol. The second-order valence-corrected chi connectivity index (χ2v) is 3.95. The SMILES string of the molecule is CN1CC(Nc2ccc3cn[nH]c3c2)=CN1. The number of H-pyrrole nitrogens is 1. The van der Waals surface area contributed by atoms with Gasteiger partial charge in [-0.05, 0) is 18.2 Å². The molecule has 0 radical (unpaired) electrons. The summed E-state index contributed by atoms with van der Waals surface area (Å²) in [6, 6.07) is 6.16. The van der Waals surface area contributed by atoms with Crippen LogP contribution in [0.3, 0.4) is 0 Å². The molecule has 3 rings (SSSR count). The van der Waals surface area contributed by atoms with E-state index in [9.17, 15) is 0 Å². The first kappa shape index (κ1) is 9.23. The Kier molecular flexibility index (Phi) is 2.04. The lowest BCUT2D eigenvalue weighted by Crippen LogP contribution is -2.25. The number of rotatable bonds is 2. The van der Waals surface area contributed by atoms with Gasteiger partial charge in [0.05, 0.1) is 18.3 Å². The van der Waals surface area contributed by atoms with Crippen LogP contribution in [0.15, 0.2) is 36.3 Å². The zero-order valence-corrected chi connectivity index (χ0v) is 8.99. The van der Waals surface area contributed by atoms with Crippen molar-refractivity contribution in [3.05, 3.63) is 36.3 Å². The van der Waals surface area contributed by atoms with Gasteiger partial charge in [0, 0.05) is 30.0 Å². The maximum absolute atomic E-state index is 4.00. The summed E-state index contributed by atoms with van der Waals surface area (Å²) in [6.07, 6.45) is 3.79. The Balaban J connectivity index is 1.84. The number of benzene rings is 1. The van der Waals surface area contributed by atoms with Crippen LogP contribution in [0.1, 0.15) is 0 Å². The van der Waals surface area contributed by atoms with E-state index in [0.29, 0.717) is 0 Å². The molecule has 0 atom stereocenters. The lowest BCUT2D eigenvalue weighted by molar-refractivity contribution is 0.329. The number of nitrogens with one attached hydrogen (secondary N) is 3. The van der Waals surface area contributed by atoms with Gasteiger partial charge in [-0.25, -0.2) is 5.01 Å². The van der Waals surface area contributed by atoms with E-state index >= 15 is 0 Å². The summed E-state index contributed by atoms with van der Waals surface area (Å²) < 4.78 is 0. The van der Waals surface area contributed by atoms with Crippen molar-refractivity contribution < 1.29 is 0 Å². The molecule has 0 saturated carbocycles. The molecule has 1 aliphatic rings. The van der Waals surface area contributed by atoms with Crippen molar-refractivity contribution in [3.8, 4) is 0 Å². The molecule has 0 unspecified atom stereocenters. The first-order valence-electron chi connectivity index (χ1n) is 5.18. The summed E-state index contributed by atoms with van der Waals surface area (Å²) in [6.45, 7) is 0.876. The highest BCUT2D eigenvalue weighted by molar-refractivity contribution is 5.81. The summed E-state index contributed by atoms with van der Waals surface area (Å²) in [5, 5.41) is 13.5. The van der Waals surface area contributed by atoms with Gasteiger partial charge in [-0.3, -0.25) is 5.10 Å². The molecule has 1 aromatic carbocycles. The van der Waals surface area contributed by atoms with Crippen molar-refractivity contribution >= 4 is 16.6 Å². The number of likely N-dealkylation sites (N-methyl/N-ethyl adjacent to an activating group) is 1. The van der Waals surface area contributed by atoms with Gasteiger partial charge < -0.3 is 10.7 Å². The summed E-state index contributed by atoms with van der Waals surface area (Å²) in [7, 11) is 2.00. The van der Waals surface area contributed by atoms with Crippen LogP contribution >= 0.6 is 0 Å². The Bertz CT molecular complexity index is 542. The topological polar surface area (TPSA) is 56.0 Å². The number of hydrogen-bond donors (Lipinski definition) is 3. The van der Waals surface area contributed by atoms with Crippen molar-refractivity contribution in [2.24, 2.45) is 0 Å². The van der Waals surface area contributed by atoms with Gasteiger partial charge in [-0.1, -0.05) is 0 Å². The predicted octanol–water partition coefficient (Wildman–Crippen LogP) is 1.27. The van der Waals surface area contributed by atoms with Crippen LogP contribution in [-0.4, -0.2) is 28.8 Å². The lowest BCUT2D eigenvalue weighted by Gasteiger charge is -2.09. The number of nitrogens with zero attached hydrogens (tertiary/aromatic N) is 2. The van der Waals surface area contributed by atoms with Gasteiger partial charge in [0.2, 0.25) is 0 Å². The maximum atomic E-state index is 4.00. The van der Waals surface area contributed by atoms with Crippen molar-refractivity contribution in [1.82, 2.24) is 20.6 Å². The van der Waals surface area contributed by atoms with E-state index in [2.05, 4.69) is 33.1 Å². The first-order chi connectivity index (χ1) is 7.81. The molecule has 2 aromatic rings. The van der Waals surface area contributed by atoms with Crippen LogP contribution in [0.25, 0.3) is 10.9 Å². The molecule has 0 fully saturated rings. The van der Waals surface area contributed by atoms with Crippen LogP contribution in [0.5, 0.6) is 0 Å². The average Bonchev–Trinajstić information content (AvgIpc) is 2.87. The molecule has 16 heavy (non-hydrogen) atoms. The third-order valence-electron chi connectivity index (χ3n) is 2.61. The van der Waals surface area contributed by atoms with Gasteiger partial charge in [0.25, 0.3) is 0 Å². The maximum Gasteiger partial charge on any atom is 0.0670 e. The van der Waals surface area contributed by atoms with Crippen LogP contribution in [0.4, 0.5) is 5.69 Å². The molecule has 1 aliphatic heterocycles. The summed E-state index contributed by atoms with van der Waals surface area (Å²) in [4.78, 5) is 0. The number of aromatic amines is 1. The number of anilines is 1. The van der Waals surface area contributed by atoms with E-state index in [1.54, 1.807) is 0 Å². The second-order valence-electron chi connectivity index (χ2n) is 3.95. The normalized spacial score (nSPS) is 16.2. The predicted molar refractivity (Wildman–Crippen MR) is 63.6 cm³/mol. The fourth-order valence-electron chi connectivity index (χ4n) is 1.81. The van der Waals surface area contributed by atoms with E-state index in [4.69, 9.17) is 0 Å². The first-order valence-corrected chi connectivity index (χ1v) is 5.18. The molecule has 0 bridgehead atoms. The standard InChI is InChI=1S/C11H13N5/c1-16-7-10(6-13-16)14-9-3-2-8-5-12-15-11(8)4-9/h2-6,13-14H,7H2,1H3,(H,12,15). The number of hydrogen-bond acceptors (Lipinski definition) is 4. The number of aromatic nitrogens is 2. The third-order valence-corrected chi connectivity index (χ3v) is 2.61. The fraction of sp³-hybridized carbons (Fsp3) is 0.182. The molecule has 0 saturated heterocycles. The van der Waals surface area contributed by atoms with Crippen LogP contribution in [0.2, 0.25) is 0 Å². The highest BCUT2D eigenvalue weighted by atomic mass is 15.5. The molecule has 82 valence electrons. The zero-order valence-electron chi connectivity index (χ0n) is 8.99. The lowest BCUT2D eigenvalue weighted by atomic mass is 10.2. The molecular weight excluding hydrogens is 202 g/mol. The van der Waals surface area contributed by atoms with Crippen molar-refractivity contribution in [1.29, 1.82) is 0 Å². The fourth-order valence-corrected chi connectivity index (χ4v) is 1.81. The highest BCUT2D eigenvalue weighted by Crippen LogP contribution is 2.18. The minimum atomic E-state index is 0.876. The van der Waals surface area contributed by atoms with E-state index in [1.807, 2.05) is 30.5 Å². The molecule has 0 amide bonds. The van der Waals surface area contributed by atoms with E-state index in [-0.39, 0.29) is 0 Å². The van der Waals surface area contributed by atoms with Crippen LogP contribution in [0, 0.1) is 0 Å². The van der Waals surface area contributed by atoms with E-state index in [1.165, 1.54) is 0 Å². The quantitative estimate of drug-likeness (QED) is 0.706. The molecule has 2 heterocycles. The zero-order chi connectivity index (χ0) is 11.0. The number of hydrazine groups is 1. The van der Waals surface area contributed by atoms with Crippen molar-refractivity contribution in [3.63, 3.8) is 0 Å². The third kappa shape index (κ3) is 1.61. The second kappa shape index (κ2) is 3.53. The van der Waals surface area contributed by atoms with Crippen LogP contribution in [-0.2, 0) is 0 Å². The molecule has 0 spiro atoms. The number of fused-ring (bicyclic) bond motifs is 1. The minimum Gasteiger partial charge on any atom is -0.356 e. The monoisotopic (exact) mass is 215 g/mol. The van der Waals surface area contributed by atoms with Gasteiger partial charge in [-0.15, -0.1) is 0 Å². The van der Waals surface area contributed by atoms with Gasteiger partial charge in [-0.2, -0.15) is 5.10 Å². The van der Waals surface area contributed by atoms with Gasteiger partial charge in [0.1, 0.15) is 0 Å². The highest BCUT2D eigenvalue weighted by Gasteiger charge is 2.09. The molecule has 5 heteroatoms. The largest absolute Gasteiger partial charge is 0.356 e. The molecule has 0 aliphatic carbocycles. The summed E-state index contributed by atoms with van der Waals surface area (Å²) >= 11 is 0. The van der Waals surface area contributed by atoms with Gasteiger partial charge >= 0.3 is 0 Å². The Morgan fingerprint density at radius 2 is 2.38 bits per heavy atom. The summed E-state index contributed by atoms with van der Waals surface area (Å²) in [5.41, 5.74) is 6.38. The Morgan fingerprint density at radius 3 is 3.19 bits per heavy atom. The van der Waals surface area contributed by atoms with Crippen molar-refractivity contribution in [2.45, 2.75) is 0 Å². The Morgan fingerprint density at radius 1 is 1.44 bits per heavy atom. The van der Waals surface area contributed by atoms with Gasteiger partial charge in [0.15, 0.2) is 0 Å². The molecule has 5 nitrogen and oxygen atoms in total. The molecule has 3 N–H and O–H groups in total. The van der Waals surface area contributed by atoms with E-state index in [0.717, 1.165) is 28.8 Å². The molecule has 1 aromatic heterocycles. The minimum absolute atomic E-state index is 0.876. The van der Waals surface area contributed by atoms with Crippen LogP contribution < -0.4 is 10.7 Å².